The molecule has 43 heavy (non-hydrogen) atoms. The maximum absolute atomic E-state index is 14.2. The molecule has 0 aliphatic heterocycles. The summed E-state index contributed by atoms with van der Waals surface area (Å²) in [7, 11) is 0. The van der Waals surface area contributed by atoms with Crippen LogP contribution in [0.15, 0.2) is 79.0 Å². The maximum Gasteiger partial charge on any atom is 0.240 e. The number of carbonyl (C=O) groups excluding carboxylic acids is 2. The molecule has 2 heterocycles. The van der Waals surface area contributed by atoms with Crippen LogP contribution in [-0.2, 0) is 35.4 Å². The van der Waals surface area contributed by atoms with Crippen molar-refractivity contribution in [3.8, 4) is 0 Å². The van der Waals surface area contributed by atoms with E-state index in [0.717, 1.165) is 48.3 Å². The highest BCUT2D eigenvalue weighted by atomic mass is 19.1. The van der Waals surface area contributed by atoms with Crippen LogP contribution < -0.4 is 11.1 Å². The first-order valence-electron chi connectivity index (χ1n) is 14.3. The molecule has 2 aromatic heterocycles. The van der Waals surface area contributed by atoms with E-state index < -0.39 is 30.3 Å². The van der Waals surface area contributed by atoms with Gasteiger partial charge in [0.1, 0.15) is 24.9 Å². The van der Waals surface area contributed by atoms with E-state index in [0.29, 0.717) is 22.4 Å². The quantitative estimate of drug-likeness (QED) is 0.209. The van der Waals surface area contributed by atoms with Crippen LogP contribution in [0, 0.1) is 11.6 Å². The summed E-state index contributed by atoms with van der Waals surface area (Å²) in [5.74, 6) is -2.34. The molecule has 222 valence electrons. The molecule has 0 fully saturated rings. The Morgan fingerprint density at radius 1 is 1.05 bits per heavy atom. The Labute approximate surface area is 248 Å². The monoisotopic (exact) mass is 586 g/mol. The number of carbonyl (C=O) groups is 2. The molecule has 0 radical (unpaired) electrons. The van der Waals surface area contributed by atoms with Gasteiger partial charge in [-0.05, 0) is 73.1 Å². The van der Waals surface area contributed by atoms with Crippen LogP contribution >= 0.6 is 0 Å². The standard InChI is InChI=1S/C34H33F3N4O2/c35-15-5-7-23(13-14-32(38)42)26-10-6-16-39-34(26)29(19-22-17-24(36)20-25(37)18-22)40-33(43)21-41-30-11-3-1-8-27(30)28-9-2-4-12-31(28)41/h1,3,5-8,10-11,13,16-18,20,29H,2,4,9,12,14-15,19,21H2,(H2,38,42)(H,40,43)/b7-5-,23-13+/t29-/m0/s1. The van der Waals surface area contributed by atoms with E-state index in [9.17, 15) is 22.8 Å². The first kappa shape index (κ1) is 29.8. The Hall–Kier alpha value is -4.66. The molecule has 3 N–H and O–H groups in total. The first-order valence-corrected chi connectivity index (χ1v) is 14.3. The Bertz CT molecular complexity index is 1690. The number of halogens is 3. The van der Waals surface area contributed by atoms with E-state index in [2.05, 4.69) is 20.9 Å². The molecule has 0 spiro atoms. The molecule has 6 nitrogen and oxygen atoms in total. The van der Waals surface area contributed by atoms with Gasteiger partial charge in [-0.1, -0.05) is 42.5 Å². The van der Waals surface area contributed by atoms with E-state index in [1.807, 2.05) is 18.2 Å². The number of amides is 2. The number of hydrogen-bond donors (Lipinski definition) is 2. The largest absolute Gasteiger partial charge is 0.369 e. The molecular formula is C34H33F3N4O2. The Kier molecular flexibility index (Phi) is 9.39. The fraction of sp³-hybridized carbons (Fsp3) is 0.265. The molecule has 1 aliphatic carbocycles. The number of fused-ring (bicyclic) bond motifs is 3. The van der Waals surface area contributed by atoms with Crippen LogP contribution in [0.3, 0.4) is 0 Å². The lowest BCUT2D eigenvalue weighted by atomic mass is 9.94. The Balaban J connectivity index is 1.53. The number of pyridine rings is 1. The number of rotatable bonds is 11. The normalized spacial score (nSPS) is 14.2. The van der Waals surface area contributed by atoms with Gasteiger partial charge < -0.3 is 15.6 Å². The van der Waals surface area contributed by atoms with Crippen LogP contribution in [0.1, 0.15) is 53.4 Å². The Morgan fingerprint density at radius 3 is 2.58 bits per heavy atom. The van der Waals surface area contributed by atoms with E-state index in [1.165, 1.54) is 29.8 Å². The first-order chi connectivity index (χ1) is 20.8. The minimum Gasteiger partial charge on any atom is -0.369 e. The highest BCUT2D eigenvalue weighted by molar-refractivity contribution is 5.88. The summed E-state index contributed by atoms with van der Waals surface area (Å²) in [5.41, 5.74) is 10.5. The van der Waals surface area contributed by atoms with Crippen molar-refractivity contribution >= 4 is 28.3 Å². The summed E-state index contributed by atoms with van der Waals surface area (Å²) < 4.78 is 43.5. The highest BCUT2D eigenvalue weighted by Gasteiger charge is 2.25. The summed E-state index contributed by atoms with van der Waals surface area (Å²) in [6.45, 7) is -0.681. The lowest BCUT2D eigenvalue weighted by Gasteiger charge is -2.23. The molecule has 2 amide bonds. The molecule has 1 atom stereocenters. The zero-order valence-corrected chi connectivity index (χ0v) is 23.7. The number of aryl methyl sites for hydroxylation is 1. The predicted molar refractivity (Wildman–Crippen MR) is 161 cm³/mol. The van der Waals surface area contributed by atoms with Crippen LogP contribution in [0.5, 0.6) is 0 Å². The van der Waals surface area contributed by atoms with E-state index in [4.69, 9.17) is 5.73 Å². The van der Waals surface area contributed by atoms with Crippen molar-refractivity contribution in [1.29, 1.82) is 0 Å². The van der Waals surface area contributed by atoms with Gasteiger partial charge in [-0.15, -0.1) is 0 Å². The smallest absolute Gasteiger partial charge is 0.240 e. The van der Waals surface area contributed by atoms with Gasteiger partial charge in [0.2, 0.25) is 11.8 Å². The molecule has 9 heteroatoms. The Morgan fingerprint density at radius 2 is 1.81 bits per heavy atom. The van der Waals surface area contributed by atoms with Gasteiger partial charge in [-0.3, -0.25) is 14.6 Å². The number of primary amides is 1. The zero-order chi connectivity index (χ0) is 30.3. The SMILES string of the molecule is NC(=O)C/C=C(\C=C/CF)c1cccnc1[C@H](Cc1cc(F)cc(F)c1)NC(=O)Cn1c2c(c3ccccc31)CCCC2. The molecule has 0 bridgehead atoms. The highest BCUT2D eigenvalue weighted by Crippen LogP contribution is 2.32. The van der Waals surface area contributed by atoms with Gasteiger partial charge in [0.05, 0.1) is 11.7 Å². The number of hydrogen-bond acceptors (Lipinski definition) is 3. The van der Waals surface area contributed by atoms with E-state index in [1.54, 1.807) is 24.4 Å². The molecule has 0 saturated heterocycles. The lowest BCUT2D eigenvalue weighted by Crippen LogP contribution is -2.34. The second-order valence-corrected chi connectivity index (χ2v) is 10.7. The van der Waals surface area contributed by atoms with Crippen molar-refractivity contribution in [3.05, 3.63) is 119 Å². The van der Waals surface area contributed by atoms with E-state index in [-0.39, 0.29) is 25.3 Å². The van der Waals surface area contributed by atoms with Gasteiger partial charge in [0, 0.05) is 40.8 Å². The second-order valence-electron chi connectivity index (χ2n) is 10.7. The van der Waals surface area contributed by atoms with Crippen molar-refractivity contribution in [1.82, 2.24) is 14.9 Å². The third-order valence-electron chi connectivity index (χ3n) is 7.67. The summed E-state index contributed by atoms with van der Waals surface area (Å²) in [4.78, 5) is 29.9. The van der Waals surface area contributed by atoms with Crippen LogP contribution in [-0.4, -0.2) is 28.0 Å². The number of nitrogens with zero attached hydrogens (tertiary/aromatic N) is 2. The zero-order valence-electron chi connectivity index (χ0n) is 23.7. The third kappa shape index (κ3) is 7.05. The maximum atomic E-state index is 14.2. The lowest BCUT2D eigenvalue weighted by molar-refractivity contribution is -0.122. The van der Waals surface area contributed by atoms with Gasteiger partial charge in [-0.25, -0.2) is 13.2 Å². The average molecular weight is 587 g/mol. The third-order valence-corrected chi connectivity index (χ3v) is 7.67. The number of para-hydroxylation sites is 1. The van der Waals surface area contributed by atoms with Crippen molar-refractivity contribution in [2.75, 3.05) is 6.67 Å². The van der Waals surface area contributed by atoms with Crippen molar-refractivity contribution in [2.24, 2.45) is 5.73 Å². The topological polar surface area (TPSA) is 90.0 Å². The number of aromatic nitrogens is 2. The number of benzene rings is 2. The molecule has 0 unspecified atom stereocenters. The second kappa shape index (κ2) is 13.5. The summed E-state index contributed by atoms with van der Waals surface area (Å²) in [6.07, 6.45) is 9.83. The summed E-state index contributed by atoms with van der Waals surface area (Å²) >= 11 is 0. The minimum atomic E-state index is -0.807. The van der Waals surface area contributed by atoms with Gasteiger partial charge in [0.15, 0.2) is 0 Å². The summed E-state index contributed by atoms with van der Waals surface area (Å²) in [5, 5.41) is 4.21. The number of allylic oxidation sites excluding steroid dienone is 3. The molecule has 4 aromatic rings. The summed E-state index contributed by atoms with van der Waals surface area (Å²) in [6, 6.07) is 13.9. The molecule has 5 rings (SSSR count). The van der Waals surface area contributed by atoms with Crippen molar-refractivity contribution in [3.63, 3.8) is 0 Å². The molecule has 1 aliphatic rings. The minimum absolute atomic E-state index is 0.0326. The predicted octanol–water partition coefficient (Wildman–Crippen LogP) is 6.08. The van der Waals surface area contributed by atoms with Gasteiger partial charge in [0.25, 0.3) is 0 Å². The number of nitrogens with two attached hydrogens (primary N) is 1. The average Bonchev–Trinajstić information content (AvgIpc) is 3.30. The molecule has 0 saturated carbocycles. The van der Waals surface area contributed by atoms with Crippen LogP contribution in [0.2, 0.25) is 0 Å². The number of nitrogens with one attached hydrogen (secondary N) is 1. The van der Waals surface area contributed by atoms with Crippen LogP contribution in [0.4, 0.5) is 13.2 Å². The van der Waals surface area contributed by atoms with E-state index >= 15 is 0 Å². The fourth-order valence-corrected chi connectivity index (χ4v) is 5.92. The van der Waals surface area contributed by atoms with Gasteiger partial charge >= 0.3 is 0 Å². The molecular weight excluding hydrogens is 553 g/mol. The van der Waals surface area contributed by atoms with Gasteiger partial charge in [-0.2, -0.15) is 0 Å². The van der Waals surface area contributed by atoms with Crippen molar-refractivity contribution < 1.29 is 22.8 Å². The number of alkyl halides is 1. The fourth-order valence-electron chi connectivity index (χ4n) is 5.92. The van der Waals surface area contributed by atoms with Crippen LogP contribution in [0.25, 0.3) is 16.5 Å². The van der Waals surface area contributed by atoms with Crippen molar-refractivity contribution in [2.45, 2.75) is 51.1 Å². The molecule has 2 aromatic carbocycles.